The van der Waals surface area contributed by atoms with Gasteiger partial charge in [0.2, 0.25) is 5.91 Å². The Balaban J connectivity index is 2.49. The van der Waals surface area contributed by atoms with Crippen LogP contribution in [0, 0.1) is 0 Å². The highest BCUT2D eigenvalue weighted by Gasteiger charge is 2.19. The first-order chi connectivity index (χ1) is 9.13. The molecular formula is C14H19NO4. The Morgan fingerprint density at radius 2 is 2.00 bits per heavy atom. The maximum Gasteiger partial charge on any atom is 0.326 e. The molecule has 1 atom stereocenters. The topological polar surface area (TPSA) is 75.6 Å². The van der Waals surface area contributed by atoms with Crippen LogP contribution in [-0.2, 0) is 20.7 Å². The number of carbonyl (C=O) groups excluding carboxylic acids is 1. The first kappa shape index (κ1) is 15.2. The van der Waals surface area contributed by atoms with Crippen LogP contribution in [0.4, 0.5) is 0 Å². The molecule has 0 saturated carbocycles. The molecule has 5 nitrogen and oxygen atoms in total. The predicted molar refractivity (Wildman–Crippen MR) is 70.8 cm³/mol. The largest absolute Gasteiger partial charge is 0.480 e. The van der Waals surface area contributed by atoms with E-state index in [1.165, 1.54) is 0 Å². The zero-order chi connectivity index (χ0) is 14.1. The van der Waals surface area contributed by atoms with Gasteiger partial charge in [-0.15, -0.1) is 0 Å². The highest BCUT2D eigenvalue weighted by molar-refractivity contribution is 5.83. The van der Waals surface area contributed by atoms with Crippen molar-refractivity contribution in [3.8, 4) is 0 Å². The molecule has 0 unspecified atom stereocenters. The van der Waals surface area contributed by atoms with E-state index in [4.69, 9.17) is 9.84 Å². The second-order valence-corrected chi connectivity index (χ2v) is 4.09. The van der Waals surface area contributed by atoms with Crippen LogP contribution in [0.5, 0.6) is 0 Å². The average molecular weight is 265 g/mol. The van der Waals surface area contributed by atoms with Gasteiger partial charge in [-0.1, -0.05) is 30.3 Å². The van der Waals surface area contributed by atoms with Crippen LogP contribution in [0.3, 0.4) is 0 Å². The molecule has 0 aromatic heterocycles. The number of amides is 1. The van der Waals surface area contributed by atoms with Gasteiger partial charge in [0.15, 0.2) is 0 Å². The number of carboxylic acid groups (broad SMARTS) is 1. The van der Waals surface area contributed by atoms with Gasteiger partial charge >= 0.3 is 5.97 Å². The Bertz CT molecular complexity index is 405. The molecule has 104 valence electrons. The van der Waals surface area contributed by atoms with Crippen molar-refractivity contribution in [3.63, 3.8) is 0 Å². The molecule has 5 heteroatoms. The maximum absolute atomic E-state index is 11.6. The Morgan fingerprint density at radius 1 is 1.32 bits per heavy atom. The third-order valence-corrected chi connectivity index (χ3v) is 2.59. The fraction of sp³-hybridized carbons (Fsp3) is 0.429. The number of aliphatic carboxylic acids is 1. The van der Waals surface area contributed by atoms with Crippen LogP contribution in [0.2, 0.25) is 0 Å². The van der Waals surface area contributed by atoms with E-state index in [1.54, 1.807) is 0 Å². The minimum Gasteiger partial charge on any atom is -0.480 e. The summed E-state index contributed by atoms with van der Waals surface area (Å²) >= 11 is 0. The Labute approximate surface area is 112 Å². The molecule has 1 aromatic rings. The molecule has 1 amide bonds. The number of carboxylic acids is 1. The number of ether oxygens (including phenoxy) is 1. The SMILES string of the molecule is CCOCCC(=O)N[C@H](Cc1ccccc1)C(=O)O. The fourth-order valence-electron chi connectivity index (χ4n) is 1.63. The molecule has 2 N–H and O–H groups in total. The number of hydrogen-bond acceptors (Lipinski definition) is 3. The van der Waals surface area contributed by atoms with Crippen molar-refractivity contribution in [2.24, 2.45) is 0 Å². The van der Waals surface area contributed by atoms with Gasteiger partial charge in [0.05, 0.1) is 6.61 Å². The normalized spacial score (nSPS) is 11.8. The van der Waals surface area contributed by atoms with E-state index in [9.17, 15) is 9.59 Å². The molecule has 0 aliphatic heterocycles. The minimum atomic E-state index is -1.03. The lowest BCUT2D eigenvalue weighted by atomic mass is 10.1. The Morgan fingerprint density at radius 3 is 2.58 bits per heavy atom. The second kappa shape index (κ2) is 8.26. The lowest BCUT2D eigenvalue weighted by Crippen LogP contribution is -2.42. The highest BCUT2D eigenvalue weighted by Crippen LogP contribution is 2.03. The molecule has 1 rings (SSSR count). The molecule has 0 spiro atoms. The van der Waals surface area contributed by atoms with E-state index in [0.717, 1.165) is 5.56 Å². The van der Waals surface area contributed by atoms with E-state index in [-0.39, 0.29) is 18.7 Å². The molecule has 1 aromatic carbocycles. The van der Waals surface area contributed by atoms with Gasteiger partial charge < -0.3 is 15.2 Å². The van der Waals surface area contributed by atoms with Gasteiger partial charge in [-0.05, 0) is 12.5 Å². The molecule has 0 saturated heterocycles. The van der Waals surface area contributed by atoms with Crippen LogP contribution >= 0.6 is 0 Å². The zero-order valence-electron chi connectivity index (χ0n) is 11.0. The summed E-state index contributed by atoms with van der Waals surface area (Å²) in [5.41, 5.74) is 0.875. The second-order valence-electron chi connectivity index (χ2n) is 4.09. The Hall–Kier alpha value is -1.88. The number of benzene rings is 1. The highest BCUT2D eigenvalue weighted by atomic mass is 16.5. The summed E-state index contributed by atoms with van der Waals surface area (Å²) in [6, 6.07) is 8.30. The van der Waals surface area contributed by atoms with E-state index < -0.39 is 12.0 Å². The van der Waals surface area contributed by atoms with Crippen molar-refractivity contribution in [1.82, 2.24) is 5.32 Å². The first-order valence-corrected chi connectivity index (χ1v) is 6.27. The molecule has 0 heterocycles. The molecule has 0 bridgehead atoms. The Kier molecular flexibility index (Phi) is 6.60. The molecule has 0 aliphatic carbocycles. The van der Waals surface area contributed by atoms with Crippen LogP contribution in [0.25, 0.3) is 0 Å². The summed E-state index contributed by atoms with van der Waals surface area (Å²) in [5.74, 6) is -1.34. The summed E-state index contributed by atoms with van der Waals surface area (Å²) in [5, 5.41) is 11.6. The first-order valence-electron chi connectivity index (χ1n) is 6.27. The summed E-state index contributed by atoms with van der Waals surface area (Å²) in [6.07, 6.45) is 0.447. The average Bonchev–Trinajstić information content (AvgIpc) is 2.39. The van der Waals surface area contributed by atoms with Crippen LogP contribution in [-0.4, -0.2) is 36.2 Å². The zero-order valence-corrected chi connectivity index (χ0v) is 11.0. The van der Waals surface area contributed by atoms with Gasteiger partial charge in [0.1, 0.15) is 6.04 Å². The predicted octanol–water partition coefficient (Wildman–Crippen LogP) is 1.23. The maximum atomic E-state index is 11.6. The van der Waals surface area contributed by atoms with Crippen molar-refractivity contribution in [3.05, 3.63) is 35.9 Å². The molecule has 19 heavy (non-hydrogen) atoms. The molecular weight excluding hydrogens is 246 g/mol. The van der Waals surface area contributed by atoms with E-state index in [0.29, 0.717) is 13.2 Å². The van der Waals surface area contributed by atoms with E-state index in [1.807, 2.05) is 37.3 Å². The minimum absolute atomic E-state index is 0.173. The molecule has 0 radical (unpaired) electrons. The summed E-state index contributed by atoms with van der Waals surface area (Å²) < 4.78 is 5.06. The summed E-state index contributed by atoms with van der Waals surface area (Å²) in [6.45, 7) is 2.69. The van der Waals surface area contributed by atoms with Gasteiger partial charge in [-0.2, -0.15) is 0 Å². The number of rotatable bonds is 8. The van der Waals surface area contributed by atoms with E-state index in [2.05, 4.69) is 5.32 Å². The van der Waals surface area contributed by atoms with Crippen molar-refractivity contribution in [2.45, 2.75) is 25.8 Å². The number of carbonyl (C=O) groups is 2. The third kappa shape index (κ3) is 6.01. The van der Waals surface area contributed by atoms with Gasteiger partial charge in [0, 0.05) is 19.4 Å². The van der Waals surface area contributed by atoms with Crippen molar-refractivity contribution < 1.29 is 19.4 Å². The standard InChI is InChI=1S/C14H19NO4/c1-2-19-9-8-13(16)15-12(14(17)18)10-11-6-4-3-5-7-11/h3-7,12H,2,8-10H2,1H3,(H,15,16)(H,17,18)/t12-/m1/s1. The van der Waals surface area contributed by atoms with E-state index >= 15 is 0 Å². The monoisotopic (exact) mass is 265 g/mol. The fourth-order valence-corrected chi connectivity index (χ4v) is 1.63. The van der Waals surface area contributed by atoms with Gasteiger partial charge in [-0.25, -0.2) is 4.79 Å². The van der Waals surface area contributed by atoms with Crippen LogP contribution in [0.1, 0.15) is 18.9 Å². The lowest BCUT2D eigenvalue weighted by molar-refractivity contribution is -0.141. The smallest absolute Gasteiger partial charge is 0.326 e. The van der Waals surface area contributed by atoms with Crippen molar-refractivity contribution in [1.29, 1.82) is 0 Å². The summed E-state index contributed by atoms with van der Waals surface area (Å²) in [4.78, 5) is 22.7. The van der Waals surface area contributed by atoms with Crippen molar-refractivity contribution >= 4 is 11.9 Å². The summed E-state index contributed by atoms with van der Waals surface area (Å²) in [7, 11) is 0. The van der Waals surface area contributed by atoms with Crippen LogP contribution in [0.15, 0.2) is 30.3 Å². The molecule has 0 fully saturated rings. The van der Waals surface area contributed by atoms with Gasteiger partial charge in [0.25, 0.3) is 0 Å². The van der Waals surface area contributed by atoms with Crippen LogP contribution < -0.4 is 5.32 Å². The quantitative estimate of drug-likeness (QED) is 0.693. The number of nitrogens with one attached hydrogen (secondary N) is 1. The van der Waals surface area contributed by atoms with Crippen molar-refractivity contribution in [2.75, 3.05) is 13.2 Å². The molecule has 0 aliphatic rings. The lowest BCUT2D eigenvalue weighted by Gasteiger charge is -2.14. The third-order valence-electron chi connectivity index (χ3n) is 2.59. The number of hydrogen-bond donors (Lipinski definition) is 2. The van der Waals surface area contributed by atoms with Gasteiger partial charge in [-0.3, -0.25) is 4.79 Å².